The van der Waals surface area contributed by atoms with Crippen molar-refractivity contribution in [2.45, 2.75) is 51.0 Å². The van der Waals surface area contributed by atoms with Crippen LogP contribution in [0.4, 0.5) is 5.69 Å². The van der Waals surface area contributed by atoms with Crippen LogP contribution >= 0.6 is 0 Å². The molecule has 2 N–H and O–H groups in total. The molecule has 0 spiro atoms. The van der Waals surface area contributed by atoms with E-state index in [1.807, 2.05) is 12.2 Å². The third-order valence-corrected chi connectivity index (χ3v) is 6.30. The van der Waals surface area contributed by atoms with Crippen LogP contribution in [0.15, 0.2) is 36.4 Å². The molecule has 2 atom stereocenters. The predicted octanol–water partition coefficient (Wildman–Crippen LogP) is 2.64. The highest BCUT2D eigenvalue weighted by Crippen LogP contribution is 2.35. The Balaban J connectivity index is 1.35. The van der Waals surface area contributed by atoms with Gasteiger partial charge in [0.1, 0.15) is 0 Å². The van der Waals surface area contributed by atoms with Crippen molar-refractivity contribution >= 4 is 29.3 Å². The minimum atomic E-state index is -0.329. The highest BCUT2D eigenvalue weighted by Gasteiger charge is 2.46. The average molecular weight is 409 g/mol. The smallest absolute Gasteiger partial charge is 0.253 e. The Bertz CT molecular complexity index is 862. The summed E-state index contributed by atoms with van der Waals surface area (Å²) in [6, 6.07) is 7.08. The first-order valence-electron chi connectivity index (χ1n) is 10.7. The number of allylic oxidation sites excluding steroid dienone is 2. The zero-order chi connectivity index (χ0) is 21.1. The van der Waals surface area contributed by atoms with E-state index < -0.39 is 0 Å². The number of likely N-dealkylation sites (tertiary alicyclic amines) is 1. The van der Waals surface area contributed by atoms with Gasteiger partial charge in [0, 0.05) is 19.0 Å². The van der Waals surface area contributed by atoms with Gasteiger partial charge in [-0.05, 0) is 37.8 Å². The van der Waals surface area contributed by atoms with Crippen molar-refractivity contribution in [1.82, 2.24) is 10.2 Å². The molecule has 1 saturated carbocycles. The molecule has 0 radical (unpaired) electrons. The number of nitrogens with zero attached hydrogens (tertiary/aromatic N) is 1. The van der Waals surface area contributed by atoms with Crippen LogP contribution in [-0.4, -0.2) is 41.1 Å². The lowest BCUT2D eigenvalue weighted by molar-refractivity contribution is -0.140. The van der Waals surface area contributed by atoms with E-state index in [9.17, 15) is 19.2 Å². The van der Waals surface area contributed by atoms with E-state index in [0.717, 1.165) is 25.7 Å². The molecular formula is C23H27N3O4. The molecule has 0 aromatic heterocycles. The normalized spacial score (nSPS) is 23.5. The Kier molecular flexibility index (Phi) is 5.97. The molecule has 1 aromatic carbocycles. The molecule has 3 aliphatic rings. The molecule has 158 valence electrons. The van der Waals surface area contributed by atoms with E-state index in [1.54, 1.807) is 24.3 Å². The molecule has 2 aliphatic carbocycles. The second kappa shape index (κ2) is 8.81. The molecular weight excluding hydrogens is 382 g/mol. The van der Waals surface area contributed by atoms with E-state index >= 15 is 0 Å². The number of benzene rings is 1. The maximum atomic E-state index is 12.6. The van der Waals surface area contributed by atoms with Crippen molar-refractivity contribution in [2.24, 2.45) is 11.8 Å². The van der Waals surface area contributed by atoms with Crippen LogP contribution in [0.5, 0.6) is 0 Å². The molecule has 4 rings (SSSR count). The van der Waals surface area contributed by atoms with Gasteiger partial charge in [0.05, 0.1) is 23.1 Å². The van der Waals surface area contributed by atoms with Crippen molar-refractivity contribution in [3.8, 4) is 0 Å². The van der Waals surface area contributed by atoms with E-state index in [1.165, 1.54) is 4.90 Å². The summed E-state index contributed by atoms with van der Waals surface area (Å²) in [7, 11) is 0. The number of carbonyl (C=O) groups is 4. The zero-order valence-electron chi connectivity index (χ0n) is 16.9. The molecule has 1 aliphatic heterocycles. The number of amides is 4. The number of fused-ring (bicyclic) bond motifs is 1. The van der Waals surface area contributed by atoms with Crippen LogP contribution in [0.25, 0.3) is 0 Å². The van der Waals surface area contributed by atoms with Crippen molar-refractivity contribution in [3.05, 3.63) is 42.0 Å². The maximum Gasteiger partial charge on any atom is 0.253 e. The fraction of sp³-hybridized carbons (Fsp3) is 0.478. The number of imide groups is 1. The average Bonchev–Trinajstić information content (AvgIpc) is 3.34. The molecule has 7 nitrogen and oxygen atoms in total. The van der Waals surface area contributed by atoms with Gasteiger partial charge in [-0.3, -0.25) is 24.1 Å². The summed E-state index contributed by atoms with van der Waals surface area (Å²) in [5.41, 5.74) is 0.859. The number of anilines is 1. The van der Waals surface area contributed by atoms with Gasteiger partial charge in [-0.15, -0.1) is 0 Å². The van der Waals surface area contributed by atoms with Gasteiger partial charge in [-0.25, -0.2) is 0 Å². The second-order valence-electron chi connectivity index (χ2n) is 8.28. The summed E-state index contributed by atoms with van der Waals surface area (Å²) in [6.45, 7) is 0.0624. The number of para-hydroxylation sites is 1. The Hall–Kier alpha value is -2.96. The van der Waals surface area contributed by atoms with Gasteiger partial charge in [-0.1, -0.05) is 37.1 Å². The summed E-state index contributed by atoms with van der Waals surface area (Å²) in [6.07, 6.45) is 9.26. The van der Waals surface area contributed by atoms with E-state index in [-0.39, 0.29) is 54.5 Å². The molecule has 0 unspecified atom stereocenters. The lowest BCUT2D eigenvalue weighted by atomic mass is 9.85. The maximum absolute atomic E-state index is 12.6. The van der Waals surface area contributed by atoms with Crippen LogP contribution in [0.2, 0.25) is 0 Å². The van der Waals surface area contributed by atoms with Crippen LogP contribution in [-0.2, 0) is 14.4 Å². The first-order chi connectivity index (χ1) is 14.5. The molecule has 1 aromatic rings. The lowest BCUT2D eigenvalue weighted by Gasteiger charge is -2.16. The van der Waals surface area contributed by atoms with E-state index in [2.05, 4.69) is 10.6 Å². The number of rotatable bonds is 6. The first kappa shape index (κ1) is 20.3. The number of hydrogen-bond donors (Lipinski definition) is 2. The van der Waals surface area contributed by atoms with Crippen molar-refractivity contribution < 1.29 is 19.2 Å². The summed E-state index contributed by atoms with van der Waals surface area (Å²) in [5.74, 6) is -1.46. The number of carbonyl (C=O) groups excluding carboxylic acids is 4. The minimum Gasteiger partial charge on any atom is -0.349 e. The van der Waals surface area contributed by atoms with Crippen LogP contribution < -0.4 is 10.6 Å². The van der Waals surface area contributed by atoms with Crippen molar-refractivity contribution in [2.75, 3.05) is 11.9 Å². The van der Waals surface area contributed by atoms with Crippen LogP contribution in [0.1, 0.15) is 55.3 Å². The highest BCUT2D eigenvalue weighted by atomic mass is 16.2. The molecule has 2 fully saturated rings. The summed E-state index contributed by atoms with van der Waals surface area (Å²) in [5, 5.41) is 5.80. The van der Waals surface area contributed by atoms with Gasteiger partial charge in [-0.2, -0.15) is 0 Å². The van der Waals surface area contributed by atoms with Gasteiger partial charge >= 0.3 is 0 Å². The Morgan fingerprint density at radius 2 is 1.60 bits per heavy atom. The van der Waals surface area contributed by atoms with E-state index in [4.69, 9.17) is 0 Å². The van der Waals surface area contributed by atoms with Crippen LogP contribution in [0, 0.1) is 11.8 Å². The van der Waals surface area contributed by atoms with Crippen LogP contribution in [0.3, 0.4) is 0 Å². The Morgan fingerprint density at radius 3 is 2.27 bits per heavy atom. The largest absolute Gasteiger partial charge is 0.349 e. The second-order valence-corrected chi connectivity index (χ2v) is 8.28. The SMILES string of the molecule is O=C(CCN1C(=O)[C@H]2CC=CC[C@H]2C1=O)Nc1ccccc1C(=O)NC1CCCC1. The number of hydrogen-bond acceptors (Lipinski definition) is 4. The standard InChI is InChI=1S/C23H27N3O4/c27-20(13-14-26-22(29)16-9-3-4-10-17(16)23(26)30)25-19-12-6-5-11-18(19)21(28)24-15-7-1-2-8-15/h3-6,11-12,15-17H,1-2,7-10,13-14H2,(H,24,28)(H,25,27)/t16-,17+. The number of nitrogens with one attached hydrogen (secondary N) is 2. The fourth-order valence-electron chi connectivity index (χ4n) is 4.64. The summed E-state index contributed by atoms with van der Waals surface area (Å²) in [4.78, 5) is 51.4. The molecule has 1 saturated heterocycles. The molecule has 1 heterocycles. The Labute approximate surface area is 175 Å². The highest BCUT2D eigenvalue weighted by molar-refractivity contribution is 6.06. The zero-order valence-corrected chi connectivity index (χ0v) is 16.9. The molecule has 4 amide bonds. The third-order valence-electron chi connectivity index (χ3n) is 6.30. The van der Waals surface area contributed by atoms with Gasteiger partial charge in [0.15, 0.2) is 0 Å². The van der Waals surface area contributed by atoms with Crippen molar-refractivity contribution in [3.63, 3.8) is 0 Å². The molecule has 0 bridgehead atoms. The van der Waals surface area contributed by atoms with E-state index in [0.29, 0.717) is 24.1 Å². The summed E-state index contributed by atoms with van der Waals surface area (Å²) >= 11 is 0. The summed E-state index contributed by atoms with van der Waals surface area (Å²) < 4.78 is 0. The Morgan fingerprint density at radius 1 is 0.967 bits per heavy atom. The predicted molar refractivity (Wildman–Crippen MR) is 111 cm³/mol. The third kappa shape index (κ3) is 4.15. The van der Waals surface area contributed by atoms with Gasteiger partial charge in [0.25, 0.3) is 5.91 Å². The monoisotopic (exact) mass is 409 g/mol. The van der Waals surface area contributed by atoms with Gasteiger partial charge in [0.2, 0.25) is 17.7 Å². The van der Waals surface area contributed by atoms with Crippen molar-refractivity contribution in [1.29, 1.82) is 0 Å². The molecule has 30 heavy (non-hydrogen) atoms. The first-order valence-corrected chi connectivity index (χ1v) is 10.7. The minimum absolute atomic E-state index is 0.00290. The van der Waals surface area contributed by atoms with Gasteiger partial charge < -0.3 is 10.6 Å². The fourth-order valence-corrected chi connectivity index (χ4v) is 4.64. The quantitative estimate of drug-likeness (QED) is 0.558. The lowest BCUT2D eigenvalue weighted by Crippen LogP contribution is -2.35. The molecule has 7 heteroatoms. The topological polar surface area (TPSA) is 95.6 Å².